The number of nitrogens with one attached hydrogen (secondary N) is 1. The van der Waals surface area contributed by atoms with Crippen molar-refractivity contribution in [3.05, 3.63) is 53.1 Å². The van der Waals surface area contributed by atoms with Crippen LogP contribution in [0, 0.1) is 0 Å². The van der Waals surface area contributed by atoms with Gasteiger partial charge in [-0.25, -0.2) is 0 Å². The fourth-order valence-electron chi connectivity index (χ4n) is 1.84. The van der Waals surface area contributed by atoms with Crippen LogP contribution in [0.5, 0.6) is 11.5 Å². The summed E-state index contributed by atoms with van der Waals surface area (Å²) >= 11 is 6.03. The third-order valence-corrected chi connectivity index (χ3v) is 3.18. The molecule has 0 aliphatic heterocycles. The Morgan fingerprint density at radius 3 is 2.62 bits per heavy atom. The number of anilines is 1. The Bertz CT molecular complexity index is 643. The van der Waals surface area contributed by atoms with E-state index in [0.29, 0.717) is 34.4 Å². The van der Waals surface area contributed by atoms with Crippen LogP contribution in [0.4, 0.5) is 5.69 Å². The van der Waals surface area contributed by atoms with Gasteiger partial charge in [-0.1, -0.05) is 23.7 Å². The van der Waals surface area contributed by atoms with Gasteiger partial charge in [0, 0.05) is 5.56 Å². The molecule has 2 aromatic carbocycles. The van der Waals surface area contributed by atoms with Crippen LogP contribution in [-0.4, -0.2) is 19.6 Å². The van der Waals surface area contributed by atoms with Crippen LogP contribution < -0.4 is 14.8 Å². The van der Waals surface area contributed by atoms with Crippen LogP contribution in [0.15, 0.2) is 42.5 Å². The first kappa shape index (κ1) is 15.2. The highest BCUT2D eigenvalue weighted by atomic mass is 35.5. The average Bonchev–Trinajstić information content (AvgIpc) is 2.50. The second-order valence-corrected chi connectivity index (χ2v) is 4.64. The molecule has 0 spiro atoms. The summed E-state index contributed by atoms with van der Waals surface area (Å²) in [4.78, 5) is 12.3. The van der Waals surface area contributed by atoms with Crippen molar-refractivity contribution >= 4 is 23.2 Å². The van der Waals surface area contributed by atoms with Gasteiger partial charge < -0.3 is 14.8 Å². The van der Waals surface area contributed by atoms with E-state index in [9.17, 15) is 4.79 Å². The molecule has 4 nitrogen and oxygen atoms in total. The molecular formula is C16H16ClNO3. The summed E-state index contributed by atoms with van der Waals surface area (Å²) in [6.45, 7) is 2.36. The lowest BCUT2D eigenvalue weighted by Crippen LogP contribution is -2.12. The van der Waals surface area contributed by atoms with Gasteiger partial charge in [0.2, 0.25) is 0 Å². The third kappa shape index (κ3) is 3.67. The summed E-state index contributed by atoms with van der Waals surface area (Å²) in [6, 6.07) is 12.1. The third-order valence-electron chi connectivity index (χ3n) is 2.85. The van der Waals surface area contributed by atoms with E-state index in [1.54, 1.807) is 49.6 Å². The van der Waals surface area contributed by atoms with E-state index in [1.807, 2.05) is 6.92 Å². The molecule has 5 heteroatoms. The van der Waals surface area contributed by atoms with E-state index in [2.05, 4.69) is 5.32 Å². The topological polar surface area (TPSA) is 47.6 Å². The summed E-state index contributed by atoms with van der Waals surface area (Å²) in [5, 5.41) is 3.26. The standard InChI is InChI=1S/C16H16ClNO3/c1-3-21-15-10-11(8-9-14(15)20-2)16(19)18-13-7-5-4-6-12(13)17/h4-10H,3H2,1-2H3,(H,18,19). The van der Waals surface area contributed by atoms with Crippen molar-refractivity contribution in [1.82, 2.24) is 0 Å². The largest absolute Gasteiger partial charge is 0.493 e. The van der Waals surface area contributed by atoms with E-state index in [0.717, 1.165) is 0 Å². The van der Waals surface area contributed by atoms with Gasteiger partial charge >= 0.3 is 0 Å². The smallest absolute Gasteiger partial charge is 0.255 e. The number of carbonyl (C=O) groups is 1. The normalized spacial score (nSPS) is 10.0. The van der Waals surface area contributed by atoms with Crippen LogP contribution in [0.3, 0.4) is 0 Å². The Balaban J connectivity index is 2.23. The molecular weight excluding hydrogens is 290 g/mol. The van der Waals surface area contributed by atoms with Crippen LogP contribution in [0.1, 0.15) is 17.3 Å². The number of benzene rings is 2. The number of hydrogen-bond donors (Lipinski definition) is 1. The number of halogens is 1. The van der Waals surface area contributed by atoms with Crippen molar-refractivity contribution in [3.8, 4) is 11.5 Å². The summed E-state index contributed by atoms with van der Waals surface area (Å²) in [5.74, 6) is 0.865. The zero-order valence-corrected chi connectivity index (χ0v) is 12.6. The van der Waals surface area contributed by atoms with Gasteiger partial charge in [-0.3, -0.25) is 4.79 Å². The fraction of sp³-hybridized carbons (Fsp3) is 0.188. The molecule has 0 saturated carbocycles. The molecule has 0 aliphatic carbocycles. The molecule has 0 saturated heterocycles. The predicted molar refractivity (Wildman–Crippen MR) is 83.6 cm³/mol. The van der Waals surface area contributed by atoms with Crippen molar-refractivity contribution in [2.24, 2.45) is 0 Å². The Kier molecular flexibility index (Phi) is 5.06. The number of methoxy groups -OCH3 is 1. The molecule has 0 heterocycles. The van der Waals surface area contributed by atoms with E-state index < -0.39 is 0 Å². The van der Waals surface area contributed by atoms with Crippen LogP contribution in [0.25, 0.3) is 0 Å². The monoisotopic (exact) mass is 305 g/mol. The first-order chi connectivity index (χ1) is 10.2. The summed E-state index contributed by atoms with van der Waals surface area (Å²) in [6.07, 6.45) is 0. The maximum Gasteiger partial charge on any atom is 0.255 e. The van der Waals surface area contributed by atoms with Crippen LogP contribution >= 0.6 is 11.6 Å². The highest BCUT2D eigenvalue weighted by Crippen LogP contribution is 2.29. The molecule has 21 heavy (non-hydrogen) atoms. The van der Waals surface area contributed by atoms with E-state index in [1.165, 1.54) is 0 Å². The van der Waals surface area contributed by atoms with Crippen molar-refractivity contribution in [2.45, 2.75) is 6.92 Å². The summed E-state index contributed by atoms with van der Waals surface area (Å²) in [5.41, 5.74) is 1.04. The number of hydrogen-bond acceptors (Lipinski definition) is 3. The zero-order valence-electron chi connectivity index (χ0n) is 11.9. The molecule has 110 valence electrons. The minimum atomic E-state index is -0.258. The molecule has 1 N–H and O–H groups in total. The van der Waals surface area contributed by atoms with Gasteiger partial charge in [-0.15, -0.1) is 0 Å². The van der Waals surface area contributed by atoms with E-state index >= 15 is 0 Å². The predicted octanol–water partition coefficient (Wildman–Crippen LogP) is 4.00. The van der Waals surface area contributed by atoms with Gasteiger partial charge in [0.25, 0.3) is 5.91 Å². The highest BCUT2D eigenvalue weighted by molar-refractivity contribution is 6.33. The Morgan fingerprint density at radius 2 is 1.95 bits per heavy atom. The van der Waals surface area contributed by atoms with Gasteiger partial charge in [-0.05, 0) is 37.3 Å². The molecule has 0 fully saturated rings. The number of amides is 1. The van der Waals surface area contributed by atoms with Crippen molar-refractivity contribution in [3.63, 3.8) is 0 Å². The Morgan fingerprint density at radius 1 is 1.19 bits per heavy atom. The summed E-state index contributed by atoms with van der Waals surface area (Å²) < 4.78 is 10.7. The SMILES string of the molecule is CCOc1cc(C(=O)Nc2ccccc2Cl)ccc1OC. The van der Waals surface area contributed by atoms with Gasteiger partial charge in [0.1, 0.15) is 0 Å². The second kappa shape index (κ2) is 6.99. The molecule has 1 amide bonds. The molecule has 2 rings (SSSR count). The molecule has 0 bridgehead atoms. The van der Waals surface area contributed by atoms with Crippen molar-refractivity contribution in [1.29, 1.82) is 0 Å². The number of para-hydroxylation sites is 1. The average molecular weight is 306 g/mol. The second-order valence-electron chi connectivity index (χ2n) is 4.23. The highest BCUT2D eigenvalue weighted by Gasteiger charge is 2.12. The minimum absolute atomic E-state index is 0.258. The number of rotatable bonds is 5. The summed E-state index contributed by atoms with van der Waals surface area (Å²) in [7, 11) is 1.56. The fourth-order valence-corrected chi connectivity index (χ4v) is 2.03. The van der Waals surface area contributed by atoms with Gasteiger partial charge in [-0.2, -0.15) is 0 Å². The lowest BCUT2D eigenvalue weighted by Gasteiger charge is -2.11. The molecule has 0 aromatic heterocycles. The van der Waals surface area contributed by atoms with Crippen LogP contribution in [0.2, 0.25) is 5.02 Å². The van der Waals surface area contributed by atoms with Gasteiger partial charge in [0.15, 0.2) is 11.5 Å². The Labute approximate surface area is 128 Å². The van der Waals surface area contributed by atoms with E-state index in [-0.39, 0.29) is 5.91 Å². The Hall–Kier alpha value is -2.20. The van der Waals surface area contributed by atoms with Crippen molar-refractivity contribution < 1.29 is 14.3 Å². The maximum absolute atomic E-state index is 12.3. The van der Waals surface area contributed by atoms with Gasteiger partial charge in [0.05, 0.1) is 24.4 Å². The maximum atomic E-state index is 12.3. The molecule has 0 radical (unpaired) electrons. The van der Waals surface area contributed by atoms with E-state index in [4.69, 9.17) is 21.1 Å². The first-order valence-corrected chi connectivity index (χ1v) is 6.90. The number of ether oxygens (including phenoxy) is 2. The minimum Gasteiger partial charge on any atom is -0.493 e. The zero-order chi connectivity index (χ0) is 15.2. The van der Waals surface area contributed by atoms with Crippen LogP contribution in [-0.2, 0) is 0 Å². The number of carbonyl (C=O) groups excluding carboxylic acids is 1. The lowest BCUT2D eigenvalue weighted by atomic mass is 10.2. The van der Waals surface area contributed by atoms with Crippen molar-refractivity contribution in [2.75, 3.05) is 19.0 Å². The molecule has 0 unspecified atom stereocenters. The first-order valence-electron chi connectivity index (χ1n) is 6.52. The molecule has 2 aromatic rings. The molecule has 0 aliphatic rings. The lowest BCUT2D eigenvalue weighted by molar-refractivity contribution is 0.102. The molecule has 0 atom stereocenters. The quantitative estimate of drug-likeness (QED) is 0.908.